The van der Waals surface area contributed by atoms with Crippen molar-refractivity contribution in [3.05, 3.63) is 40.7 Å². The summed E-state index contributed by atoms with van der Waals surface area (Å²) in [4.78, 5) is 20.9. The van der Waals surface area contributed by atoms with Crippen LogP contribution in [0.3, 0.4) is 0 Å². The van der Waals surface area contributed by atoms with Gasteiger partial charge in [0, 0.05) is 31.4 Å². The van der Waals surface area contributed by atoms with Crippen molar-refractivity contribution in [2.24, 2.45) is 7.05 Å². The highest BCUT2D eigenvalue weighted by molar-refractivity contribution is 5.71. The number of nitrogens with zero attached hydrogens (tertiary/aromatic N) is 3. The molecular formula is C17H24N4O. The van der Waals surface area contributed by atoms with Crippen LogP contribution in [0.1, 0.15) is 44.9 Å². The van der Waals surface area contributed by atoms with E-state index in [1.165, 1.54) is 25.7 Å². The summed E-state index contributed by atoms with van der Waals surface area (Å²) in [5, 5.41) is 0. The van der Waals surface area contributed by atoms with Gasteiger partial charge in [-0.05, 0) is 18.6 Å². The number of hydrogen-bond donors (Lipinski definition) is 1. The Morgan fingerprint density at radius 3 is 2.50 bits per heavy atom. The van der Waals surface area contributed by atoms with Gasteiger partial charge in [-0.1, -0.05) is 32.6 Å². The van der Waals surface area contributed by atoms with Gasteiger partial charge in [-0.15, -0.1) is 0 Å². The van der Waals surface area contributed by atoms with E-state index in [1.807, 2.05) is 12.1 Å². The van der Waals surface area contributed by atoms with Crippen LogP contribution in [0.5, 0.6) is 0 Å². The first-order valence-electron chi connectivity index (χ1n) is 7.91. The van der Waals surface area contributed by atoms with Crippen molar-refractivity contribution in [3.63, 3.8) is 0 Å². The van der Waals surface area contributed by atoms with Gasteiger partial charge in [-0.25, -0.2) is 4.98 Å². The molecule has 2 N–H and O–H groups in total. The molecule has 2 rings (SSSR count). The van der Waals surface area contributed by atoms with Gasteiger partial charge in [-0.3, -0.25) is 14.3 Å². The molecule has 0 spiro atoms. The van der Waals surface area contributed by atoms with Gasteiger partial charge in [0.1, 0.15) is 17.2 Å². The average molecular weight is 300 g/mol. The molecule has 118 valence electrons. The highest BCUT2D eigenvalue weighted by atomic mass is 16.1. The molecule has 0 saturated heterocycles. The van der Waals surface area contributed by atoms with Crippen LogP contribution in [0.25, 0.3) is 11.3 Å². The second-order valence-corrected chi connectivity index (χ2v) is 5.55. The lowest BCUT2D eigenvalue weighted by Gasteiger charge is -2.12. The van der Waals surface area contributed by atoms with Crippen molar-refractivity contribution in [1.29, 1.82) is 0 Å². The summed E-state index contributed by atoms with van der Waals surface area (Å²) in [7, 11) is 1.74. The summed E-state index contributed by atoms with van der Waals surface area (Å²) in [5.41, 5.74) is 7.38. The highest BCUT2D eigenvalue weighted by Gasteiger charge is 2.13. The zero-order valence-corrected chi connectivity index (χ0v) is 13.4. The van der Waals surface area contributed by atoms with Gasteiger partial charge in [0.15, 0.2) is 0 Å². The third-order valence-corrected chi connectivity index (χ3v) is 3.88. The fraction of sp³-hybridized carbons (Fsp3) is 0.471. The Bertz CT molecular complexity index is 664. The lowest BCUT2D eigenvalue weighted by atomic mass is 10.1. The second kappa shape index (κ2) is 7.73. The van der Waals surface area contributed by atoms with Gasteiger partial charge in [-0.2, -0.15) is 0 Å². The second-order valence-electron chi connectivity index (χ2n) is 5.55. The summed E-state index contributed by atoms with van der Waals surface area (Å²) in [5.74, 6) is 0.794. The molecule has 0 unspecified atom stereocenters. The van der Waals surface area contributed by atoms with E-state index in [2.05, 4.69) is 16.9 Å². The van der Waals surface area contributed by atoms with Crippen LogP contribution in [-0.2, 0) is 13.5 Å². The third-order valence-electron chi connectivity index (χ3n) is 3.88. The van der Waals surface area contributed by atoms with Crippen LogP contribution in [-0.4, -0.2) is 14.5 Å². The van der Waals surface area contributed by atoms with Crippen LogP contribution >= 0.6 is 0 Å². The van der Waals surface area contributed by atoms with Crippen molar-refractivity contribution in [2.45, 2.75) is 45.4 Å². The Balaban J connectivity index is 2.24. The minimum Gasteiger partial charge on any atom is -0.392 e. The summed E-state index contributed by atoms with van der Waals surface area (Å²) in [6.07, 6.45) is 10.1. The van der Waals surface area contributed by atoms with Crippen LogP contribution in [0, 0.1) is 0 Å². The molecule has 2 heterocycles. The Hall–Kier alpha value is -2.17. The van der Waals surface area contributed by atoms with Gasteiger partial charge in [0.05, 0.1) is 0 Å². The molecule has 0 aliphatic rings. The molecule has 0 saturated carbocycles. The van der Waals surface area contributed by atoms with Crippen molar-refractivity contribution in [2.75, 3.05) is 5.73 Å². The van der Waals surface area contributed by atoms with Crippen LogP contribution in [0.4, 0.5) is 5.69 Å². The summed E-state index contributed by atoms with van der Waals surface area (Å²) < 4.78 is 1.57. The number of unbranched alkanes of at least 4 members (excludes halogenated alkanes) is 4. The van der Waals surface area contributed by atoms with Gasteiger partial charge < -0.3 is 5.73 Å². The SMILES string of the molecule is CCCCCCCc1nc(-c2ccncc2)c(N)c(=O)n1C. The molecule has 0 aliphatic carbocycles. The van der Waals surface area contributed by atoms with E-state index in [-0.39, 0.29) is 11.2 Å². The van der Waals surface area contributed by atoms with E-state index in [4.69, 9.17) is 5.73 Å². The topological polar surface area (TPSA) is 73.8 Å². The van der Waals surface area contributed by atoms with E-state index in [1.54, 1.807) is 24.0 Å². The minimum atomic E-state index is -0.176. The van der Waals surface area contributed by atoms with E-state index in [9.17, 15) is 4.79 Å². The van der Waals surface area contributed by atoms with E-state index in [0.29, 0.717) is 5.69 Å². The molecule has 0 aliphatic heterocycles. The molecule has 0 fully saturated rings. The predicted octanol–water partition coefficient (Wildman–Crippen LogP) is 2.94. The number of pyridine rings is 1. The summed E-state index contributed by atoms with van der Waals surface area (Å²) >= 11 is 0. The first kappa shape index (κ1) is 16.2. The Kier molecular flexibility index (Phi) is 5.69. The zero-order chi connectivity index (χ0) is 15.9. The molecule has 0 aromatic carbocycles. The summed E-state index contributed by atoms with van der Waals surface area (Å²) in [6, 6.07) is 3.65. The zero-order valence-electron chi connectivity index (χ0n) is 13.4. The molecule has 5 heteroatoms. The fourth-order valence-electron chi connectivity index (χ4n) is 2.50. The highest BCUT2D eigenvalue weighted by Crippen LogP contribution is 2.20. The normalized spacial score (nSPS) is 10.8. The van der Waals surface area contributed by atoms with Crippen molar-refractivity contribution in [3.8, 4) is 11.3 Å². The summed E-state index contributed by atoms with van der Waals surface area (Å²) in [6.45, 7) is 2.20. The Labute approximate surface area is 131 Å². The van der Waals surface area contributed by atoms with Crippen LogP contribution < -0.4 is 11.3 Å². The molecule has 2 aromatic heterocycles. The maximum absolute atomic E-state index is 12.3. The standard InChI is InChI=1S/C17H24N4O/c1-3-4-5-6-7-8-14-20-16(13-9-11-19-12-10-13)15(18)17(22)21(14)2/h9-12H,3-8,18H2,1-2H3. The Morgan fingerprint density at radius 1 is 1.14 bits per heavy atom. The molecule has 0 atom stereocenters. The number of aryl methyl sites for hydroxylation is 1. The quantitative estimate of drug-likeness (QED) is 0.798. The third kappa shape index (κ3) is 3.72. The number of nitrogen functional groups attached to an aromatic ring is 1. The fourth-order valence-corrected chi connectivity index (χ4v) is 2.50. The molecule has 0 radical (unpaired) electrons. The number of aromatic nitrogens is 3. The van der Waals surface area contributed by atoms with Crippen LogP contribution in [0.2, 0.25) is 0 Å². The first-order valence-corrected chi connectivity index (χ1v) is 7.91. The number of nitrogens with two attached hydrogens (primary N) is 1. The molecule has 2 aromatic rings. The molecular weight excluding hydrogens is 276 g/mol. The molecule has 0 bridgehead atoms. The number of hydrogen-bond acceptors (Lipinski definition) is 4. The van der Waals surface area contributed by atoms with Crippen molar-refractivity contribution < 1.29 is 0 Å². The molecule has 5 nitrogen and oxygen atoms in total. The maximum atomic E-state index is 12.3. The van der Waals surface area contributed by atoms with Crippen molar-refractivity contribution in [1.82, 2.24) is 14.5 Å². The van der Waals surface area contributed by atoms with Gasteiger partial charge in [0.2, 0.25) is 0 Å². The van der Waals surface area contributed by atoms with Crippen molar-refractivity contribution >= 4 is 5.69 Å². The predicted molar refractivity (Wildman–Crippen MR) is 89.6 cm³/mol. The Morgan fingerprint density at radius 2 is 1.82 bits per heavy atom. The van der Waals surface area contributed by atoms with E-state index < -0.39 is 0 Å². The van der Waals surface area contributed by atoms with E-state index >= 15 is 0 Å². The smallest absolute Gasteiger partial charge is 0.277 e. The number of anilines is 1. The van der Waals surface area contributed by atoms with E-state index in [0.717, 1.165) is 24.2 Å². The maximum Gasteiger partial charge on any atom is 0.277 e. The van der Waals surface area contributed by atoms with Gasteiger partial charge in [0.25, 0.3) is 5.56 Å². The largest absolute Gasteiger partial charge is 0.392 e. The van der Waals surface area contributed by atoms with Crippen LogP contribution in [0.15, 0.2) is 29.3 Å². The monoisotopic (exact) mass is 300 g/mol. The number of rotatable bonds is 7. The lowest BCUT2D eigenvalue weighted by molar-refractivity contribution is 0.605. The average Bonchev–Trinajstić information content (AvgIpc) is 2.55. The molecule has 0 amide bonds. The molecule has 22 heavy (non-hydrogen) atoms. The minimum absolute atomic E-state index is 0.176. The first-order chi connectivity index (χ1) is 10.6. The van der Waals surface area contributed by atoms with Gasteiger partial charge >= 0.3 is 0 Å². The lowest BCUT2D eigenvalue weighted by Crippen LogP contribution is -2.26.